The van der Waals surface area contributed by atoms with Gasteiger partial charge in [-0.3, -0.25) is 0 Å². The molecule has 0 N–H and O–H groups in total. The van der Waals surface area contributed by atoms with E-state index in [4.69, 9.17) is 0 Å². The molecule has 2 aromatic rings. The van der Waals surface area contributed by atoms with Gasteiger partial charge in [0.25, 0.3) is 0 Å². The van der Waals surface area contributed by atoms with Crippen LogP contribution in [0.4, 0.5) is 0 Å². The molecule has 0 aliphatic rings. The van der Waals surface area contributed by atoms with Gasteiger partial charge in [0.2, 0.25) is 0 Å². The molecule has 0 radical (unpaired) electrons. The highest BCUT2D eigenvalue weighted by atomic mass is 32.2. The van der Waals surface area contributed by atoms with Crippen molar-refractivity contribution >= 4 is 17.2 Å². The van der Waals surface area contributed by atoms with E-state index in [0.717, 1.165) is 11.1 Å². The lowest BCUT2D eigenvalue weighted by Gasteiger charge is -2.21. The molecule has 3 heteroatoms. The molecule has 0 amide bonds. The van der Waals surface area contributed by atoms with Gasteiger partial charge in [0.1, 0.15) is 11.0 Å². The molecule has 2 rings (SSSR count). The highest BCUT2D eigenvalue weighted by Crippen LogP contribution is 2.27. The van der Waals surface area contributed by atoms with Gasteiger partial charge in [-0.25, -0.2) is 4.21 Å². The number of nitrogens with zero attached hydrogens (tertiary/aromatic N) is 1. The van der Waals surface area contributed by atoms with Crippen LogP contribution in [0.25, 0.3) is 0 Å². The summed E-state index contributed by atoms with van der Waals surface area (Å²) in [5.41, 5.74) is 1.98. The van der Waals surface area contributed by atoms with E-state index in [-0.39, 0.29) is 0 Å². The minimum absolute atomic E-state index is 0.494. The summed E-state index contributed by atoms with van der Waals surface area (Å²) in [7, 11) is -1.31. The Morgan fingerprint density at radius 3 is 2.05 bits per heavy atom. The predicted molar refractivity (Wildman–Crippen MR) is 81.6 cm³/mol. The molecule has 0 unspecified atom stereocenters. The third kappa shape index (κ3) is 3.38. The largest absolute Gasteiger partial charge is 0.234 e. The smallest absolute Gasteiger partial charge is 0.149 e. The number of hydrogen-bond donors (Lipinski definition) is 0. The van der Waals surface area contributed by atoms with Crippen LogP contribution in [-0.4, -0.2) is 10.4 Å². The van der Waals surface area contributed by atoms with Crippen LogP contribution in [0.15, 0.2) is 65.1 Å². The van der Waals surface area contributed by atoms with Gasteiger partial charge in [-0.15, -0.1) is 0 Å². The molecule has 0 aliphatic carbocycles. The Hall–Kier alpha value is -1.74. The number of hydrogen-bond acceptors (Lipinski definition) is 1. The fourth-order valence-electron chi connectivity index (χ4n) is 1.72. The van der Waals surface area contributed by atoms with Gasteiger partial charge >= 0.3 is 0 Å². The van der Waals surface area contributed by atoms with E-state index in [1.807, 2.05) is 74.5 Å². The average Bonchev–Trinajstić information content (AvgIpc) is 2.46. The van der Waals surface area contributed by atoms with Gasteiger partial charge < -0.3 is 0 Å². The molecule has 0 saturated heterocycles. The lowest BCUT2D eigenvalue weighted by molar-refractivity contribution is 0.644. The van der Waals surface area contributed by atoms with Crippen molar-refractivity contribution in [1.29, 1.82) is 0 Å². The monoisotopic (exact) mass is 271 g/mol. The molecule has 98 valence electrons. The fourth-order valence-corrected chi connectivity index (χ4v) is 2.54. The molecule has 0 aliphatic heterocycles. The lowest BCUT2D eigenvalue weighted by atomic mass is 10.0. The van der Waals surface area contributed by atoms with Crippen LogP contribution in [-0.2, 0) is 15.7 Å². The number of rotatable bonds is 4. The van der Waals surface area contributed by atoms with Gasteiger partial charge in [0.15, 0.2) is 0 Å². The Labute approximate surface area is 116 Å². The molecule has 2 nitrogen and oxygen atoms in total. The molecule has 0 bridgehead atoms. The van der Waals surface area contributed by atoms with Crippen LogP contribution in [0, 0.1) is 0 Å². The molecular formula is C16H17NOS. The first-order valence-electron chi connectivity index (χ1n) is 6.17. The van der Waals surface area contributed by atoms with Crippen LogP contribution >= 0.6 is 0 Å². The van der Waals surface area contributed by atoms with E-state index in [0.29, 0.717) is 0 Å². The van der Waals surface area contributed by atoms with Crippen molar-refractivity contribution in [3.05, 3.63) is 71.8 Å². The van der Waals surface area contributed by atoms with Crippen molar-refractivity contribution in [2.24, 2.45) is 4.40 Å². The summed E-state index contributed by atoms with van der Waals surface area (Å²) in [6, 6.07) is 19.5. The summed E-state index contributed by atoms with van der Waals surface area (Å²) in [6.07, 6.45) is 1.67. The van der Waals surface area contributed by atoms with E-state index in [9.17, 15) is 4.21 Å². The third-order valence-corrected chi connectivity index (χ3v) is 4.41. The van der Waals surface area contributed by atoms with Crippen molar-refractivity contribution in [3.63, 3.8) is 0 Å². The Balaban J connectivity index is 2.18. The molecule has 1 atom stereocenters. The van der Waals surface area contributed by atoms with Gasteiger partial charge in [0.05, 0.1) is 4.75 Å². The van der Waals surface area contributed by atoms with Crippen molar-refractivity contribution in [1.82, 2.24) is 0 Å². The highest BCUT2D eigenvalue weighted by molar-refractivity contribution is 7.84. The fraction of sp³-hybridized carbons (Fsp3) is 0.188. The zero-order valence-corrected chi connectivity index (χ0v) is 11.9. The number of benzene rings is 2. The van der Waals surface area contributed by atoms with Crippen LogP contribution in [0.2, 0.25) is 0 Å². The van der Waals surface area contributed by atoms with E-state index in [1.165, 1.54) is 0 Å². The van der Waals surface area contributed by atoms with Crippen LogP contribution in [0.5, 0.6) is 0 Å². The molecule has 19 heavy (non-hydrogen) atoms. The predicted octanol–water partition coefficient (Wildman–Crippen LogP) is 3.70. The summed E-state index contributed by atoms with van der Waals surface area (Å²) < 4.78 is 16.0. The maximum absolute atomic E-state index is 12.4. The molecule has 0 spiro atoms. The highest BCUT2D eigenvalue weighted by Gasteiger charge is 2.27. The van der Waals surface area contributed by atoms with Crippen molar-refractivity contribution in [2.75, 3.05) is 0 Å². The van der Waals surface area contributed by atoms with E-state index >= 15 is 0 Å². The standard InChI is InChI=1S/C16H17NOS/c1-16(2,15-11-7-4-8-12-15)19(18)17-13-14-9-5-3-6-10-14/h3-13H,1-2H3/b17-13+/t19-/m1/s1. The maximum atomic E-state index is 12.4. The summed E-state index contributed by atoms with van der Waals surface area (Å²) in [5.74, 6) is 0. The minimum atomic E-state index is -1.31. The first-order valence-corrected chi connectivity index (χ1v) is 7.28. The maximum Gasteiger partial charge on any atom is 0.149 e. The molecular weight excluding hydrogens is 254 g/mol. The van der Waals surface area contributed by atoms with Crippen LogP contribution in [0.3, 0.4) is 0 Å². The quantitative estimate of drug-likeness (QED) is 0.780. The molecule has 0 saturated carbocycles. The minimum Gasteiger partial charge on any atom is -0.234 e. The summed E-state index contributed by atoms with van der Waals surface area (Å²) in [5, 5.41) is 0. The van der Waals surface area contributed by atoms with Crippen LogP contribution in [0.1, 0.15) is 25.0 Å². The van der Waals surface area contributed by atoms with Gasteiger partial charge in [0, 0.05) is 6.21 Å². The lowest BCUT2D eigenvalue weighted by Crippen LogP contribution is -2.22. The van der Waals surface area contributed by atoms with E-state index < -0.39 is 15.7 Å². The zero-order valence-electron chi connectivity index (χ0n) is 11.1. The second-order valence-corrected chi connectivity index (χ2v) is 6.50. The average molecular weight is 271 g/mol. The van der Waals surface area contributed by atoms with Crippen molar-refractivity contribution < 1.29 is 4.21 Å². The summed E-state index contributed by atoms with van der Waals surface area (Å²) >= 11 is 0. The Bertz CT molecular complexity index is 576. The van der Waals surface area contributed by atoms with Gasteiger partial charge in [-0.2, -0.15) is 4.40 Å². The van der Waals surface area contributed by atoms with Crippen LogP contribution < -0.4 is 0 Å². The molecule has 0 fully saturated rings. The molecule has 0 heterocycles. The summed E-state index contributed by atoms with van der Waals surface area (Å²) in [6.45, 7) is 3.89. The normalized spacial score (nSPS) is 13.6. The van der Waals surface area contributed by atoms with Gasteiger partial charge in [-0.1, -0.05) is 60.7 Å². The first kappa shape index (κ1) is 13.7. The van der Waals surface area contributed by atoms with Crippen molar-refractivity contribution in [2.45, 2.75) is 18.6 Å². The third-order valence-electron chi connectivity index (χ3n) is 3.00. The topological polar surface area (TPSA) is 29.4 Å². The van der Waals surface area contributed by atoms with E-state index in [1.54, 1.807) is 6.21 Å². The first-order chi connectivity index (χ1) is 9.10. The Morgan fingerprint density at radius 1 is 0.947 bits per heavy atom. The second-order valence-electron chi connectivity index (χ2n) is 4.77. The molecule has 0 aromatic heterocycles. The van der Waals surface area contributed by atoms with Crippen molar-refractivity contribution in [3.8, 4) is 0 Å². The SMILES string of the molecule is CC(C)(c1ccccc1)[S@@](=O)/N=C/c1ccccc1. The van der Waals surface area contributed by atoms with E-state index in [2.05, 4.69) is 4.40 Å². The Kier molecular flexibility index (Phi) is 4.27. The summed E-state index contributed by atoms with van der Waals surface area (Å²) in [4.78, 5) is 0. The zero-order chi connectivity index (χ0) is 13.7. The molecule has 2 aromatic carbocycles. The van der Waals surface area contributed by atoms with Gasteiger partial charge in [-0.05, 0) is 25.0 Å². The second kappa shape index (κ2) is 5.93. The Morgan fingerprint density at radius 2 is 1.47 bits per heavy atom.